The lowest BCUT2D eigenvalue weighted by atomic mass is 10.4. The minimum Gasteiger partial charge on any atom is -0.303 e. The summed E-state index contributed by atoms with van der Waals surface area (Å²) in [5.41, 5.74) is 2.99. The molecule has 0 radical (unpaired) electrons. The molecule has 0 saturated heterocycles. The standard InChI is InChI=1S/C9H8BrClN2/c1-6-8(5-11)13-3-2-7(10)4-9(13)12-6/h2-4H,5H2,1H3. The topological polar surface area (TPSA) is 17.3 Å². The number of fused-ring (bicyclic) bond motifs is 1. The molecule has 0 aliphatic rings. The van der Waals surface area contributed by atoms with E-state index in [1.165, 1.54) is 0 Å². The van der Waals surface area contributed by atoms with Crippen molar-refractivity contribution in [3.05, 3.63) is 34.2 Å². The second-order valence-corrected chi connectivity index (χ2v) is 4.03. The van der Waals surface area contributed by atoms with Crippen molar-refractivity contribution < 1.29 is 0 Å². The van der Waals surface area contributed by atoms with E-state index in [2.05, 4.69) is 20.9 Å². The smallest absolute Gasteiger partial charge is 0.138 e. The first-order chi connectivity index (χ1) is 6.22. The first-order valence-corrected chi connectivity index (χ1v) is 5.24. The molecule has 0 saturated carbocycles. The third-order valence-electron chi connectivity index (χ3n) is 2.01. The maximum atomic E-state index is 5.82. The van der Waals surface area contributed by atoms with E-state index in [1.807, 2.05) is 29.7 Å². The van der Waals surface area contributed by atoms with Gasteiger partial charge in [-0.1, -0.05) is 15.9 Å². The predicted octanol–water partition coefficient (Wildman–Crippen LogP) is 3.14. The summed E-state index contributed by atoms with van der Waals surface area (Å²) in [6, 6.07) is 3.95. The Morgan fingerprint density at radius 1 is 1.62 bits per heavy atom. The van der Waals surface area contributed by atoms with Gasteiger partial charge in [-0.2, -0.15) is 0 Å². The van der Waals surface area contributed by atoms with E-state index < -0.39 is 0 Å². The fraction of sp³-hybridized carbons (Fsp3) is 0.222. The van der Waals surface area contributed by atoms with Gasteiger partial charge in [0.15, 0.2) is 0 Å². The van der Waals surface area contributed by atoms with Gasteiger partial charge in [0.05, 0.1) is 17.3 Å². The van der Waals surface area contributed by atoms with Gasteiger partial charge in [0, 0.05) is 10.7 Å². The molecule has 2 nitrogen and oxygen atoms in total. The third kappa shape index (κ3) is 1.46. The molecule has 0 aliphatic heterocycles. The van der Waals surface area contributed by atoms with Crippen molar-refractivity contribution in [3.63, 3.8) is 0 Å². The van der Waals surface area contributed by atoms with Crippen molar-refractivity contribution in [2.45, 2.75) is 12.8 Å². The lowest BCUT2D eigenvalue weighted by Crippen LogP contribution is -1.89. The highest BCUT2D eigenvalue weighted by molar-refractivity contribution is 9.10. The highest BCUT2D eigenvalue weighted by atomic mass is 79.9. The maximum Gasteiger partial charge on any atom is 0.138 e. The highest BCUT2D eigenvalue weighted by Gasteiger charge is 2.06. The van der Waals surface area contributed by atoms with E-state index in [4.69, 9.17) is 11.6 Å². The van der Waals surface area contributed by atoms with Crippen LogP contribution in [0.2, 0.25) is 0 Å². The molecule has 0 spiro atoms. The molecule has 13 heavy (non-hydrogen) atoms. The van der Waals surface area contributed by atoms with Crippen LogP contribution in [0.15, 0.2) is 22.8 Å². The molecule has 0 aliphatic carbocycles. The average Bonchev–Trinajstić information content (AvgIpc) is 2.39. The van der Waals surface area contributed by atoms with Gasteiger partial charge in [-0.05, 0) is 19.1 Å². The van der Waals surface area contributed by atoms with Crippen molar-refractivity contribution in [3.8, 4) is 0 Å². The summed E-state index contributed by atoms with van der Waals surface area (Å²) in [6.07, 6.45) is 1.97. The van der Waals surface area contributed by atoms with E-state index >= 15 is 0 Å². The number of imidazole rings is 1. The van der Waals surface area contributed by atoms with Gasteiger partial charge < -0.3 is 4.40 Å². The Morgan fingerprint density at radius 3 is 3.08 bits per heavy atom. The van der Waals surface area contributed by atoms with E-state index in [0.29, 0.717) is 5.88 Å². The van der Waals surface area contributed by atoms with Gasteiger partial charge in [0.2, 0.25) is 0 Å². The number of hydrogen-bond acceptors (Lipinski definition) is 1. The van der Waals surface area contributed by atoms with Crippen molar-refractivity contribution in [2.24, 2.45) is 0 Å². The maximum absolute atomic E-state index is 5.82. The van der Waals surface area contributed by atoms with Gasteiger partial charge in [0.1, 0.15) is 5.65 Å². The molecule has 68 valence electrons. The second-order valence-electron chi connectivity index (χ2n) is 2.85. The van der Waals surface area contributed by atoms with Gasteiger partial charge in [-0.25, -0.2) is 4.98 Å². The van der Waals surface area contributed by atoms with Crippen molar-refractivity contribution in [2.75, 3.05) is 0 Å². The number of halogens is 2. The quantitative estimate of drug-likeness (QED) is 0.719. The molecule has 0 amide bonds. The summed E-state index contributed by atoms with van der Waals surface area (Å²) < 4.78 is 3.04. The first kappa shape index (κ1) is 9.03. The van der Waals surface area contributed by atoms with Crippen molar-refractivity contribution in [1.29, 1.82) is 0 Å². The molecule has 0 fully saturated rings. The Balaban J connectivity index is 2.79. The predicted molar refractivity (Wildman–Crippen MR) is 57.2 cm³/mol. The van der Waals surface area contributed by atoms with Crippen LogP contribution in [-0.2, 0) is 5.88 Å². The number of pyridine rings is 1. The van der Waals surface area contributed by atoms with Crippen LogP contribution in [-0.4, -0.2) is 9.38 Å². The summed E-state index contributed by atoms with van der Waals surface area (Å²) >= 11 is 9.22. The van der Waals surface area contributed by atoms with Crippen LogP contribution in [0, 0.1) is 6.92 Å². The Hall–Kier alpha value is -0.540. The van der Waals surface area contributed by atoms with Gasteiger partial charge in [-0.15, -0.1) is 11.6 Å². The summed E-state index contributed by atoms with van der Waals surface area (Å²) in [5, 5.41) is 0. The zero-order valence-corrected chi connectivity index (χ0v) is 9.43. The molecule has 0 N–H and O–H groups in total. The molecule has 0 unspecified atom stereocenters. The van der Waals surface area contributed by atoms with Crippen LogP contribution in [0.25, 0.3) is 5.65 Å². The van der Waals surface area contributed by atoms with Crippen LogP contribution in [0.5, 0.6) is 0 Å². The molecule has 0 atom stereocenters. The van der Waals surface area contributed by atoms with Crippen LogP contribution in [0.4, 0.5) is 0 Å². The SMILES string of the molecule is Cc1nc2cc(Br)ccn2c1CCl. The minimum atomic E-state index is 0.495. The lowest BCUT2D eigenvalue weighted by molar-refractivity contribution is 1.07. The van der Waals surface area contributed by atoms with Gasteiger partial charge in [0.25, 0.3) is 0 Å². The number of alkyl halides is 1. The number of nitrogens with zero attached hydrogens (tertiary/aromatic N) is 2. The number of aryl methyl sites for hydroxylation is 1. The van der Waals surface area contributed by atoms with E-state index in [-0.39, 0.29) is 0 Å². The van der Waals surface area contributed by atoms with E-state index in [1.54, 1.807) is 0 Å². The fourth-order valence-electron chi connectivity index (χ4n) is 1.35. The summed E-state index contributed by atoms with van der Waals surface area (Å²) in [4.78, 5) is 4.39. The Kier molecular flexibility index (Phi) is 2.30. The number of hydrogen-bond donors (Lipinski definition) is 0. The van der Waals surface area contributed by atoms with E-state index in [9.17, 15) is 0 Å². The Bertz CT molecular complexity index is 450. The molecule has 2 rings (SSSR count). The highest BCUT2D eigenvalue weighted by Crippen LogP contribution is 2.17. The third-order valence-corrected chi connectivity index (χ3v) is 2.76. The van der Waals surface area contributed by atoms with Crippen LogP contribution < -0.4 is 0 Å². The van der Waals surface area contributed by atoms with Crippen LogP contribution in [0.1, 0.15) is 11.4 Å². The molecular weight excluding hydrogens is 251 g/mol. The molecular formula is C9H8BrClN2. The molecule has 2 heterocycles. The largest absolute Gasteiger partial charge is 0.303 e. The zero-order chi connectivity index (χ0) is 9.42. The molecule has 4 heteroatoms. The van der Waals surface area contributed by atoms with E-state index in [0.717, 1.165) is 21.5 Å². The van der Waals surface area contributed by atoms with Crippen molar-refractivity contribution in [1.82, 2.24) is 9.38 Å². The van der Waals surface area contributed by atoms with Gasteiger partial charge >= 0.3 is 0 Å². The summed E-state index contributed by atoms with van der Waals surface area (Å²) in [7, 11) is 0. The zero-order valence-electron chi connectivity index (χ0n) is 7.09. The molecule has 2 aromatic rings. The molecule has 0 bridgehead atoms. The Morgan fingerprint density at radius 2 is 2.38 bits per heavy atom. The minimum absolute atomic E-state index is 0.495. The van der Waals surface area contributed by atoms with Crippen LogP contribution >= 0.6 is 27.5 Å². The normalized spacial score (nSPS) is 11.0. The summed E-state index contributed by atoms with van der Waals surface area (Å²) in [6.45, 7) is 1.97. The number of rotatable bonds is 1. The van der Waals surface area contributed by atoms with Crippen LogP contribution in [0.3, 0.4) is 0 Å². The fourth-order valence-corrected chi connectivity index (χ4v) is 1.99. The summed E-state index contributed by atoms with van der Waals surface area (Å²) in [5.74, 6) is 0.495. The monoisotopic (exact) mass is 258 g/mol. The average molecular weight is 260 g/mol. The van der Waals surface area contributed by atoms with Gasteiger partial charge in [-0.3, -0.25) is 0 Å². The Labute approximate surface area is 89.7 Å². The lowest BCUT2D eigenvalue weighted by Gasteiger charge is -1.97. The number of aromatic nitrogens is 2. The molecule has 0 aromatic carbocycles. The molecule has 2 aromatic heterocycles. The first-order valence-electron chi connectivity index (χ1n) is 3.91. The second kappa shape index (κ2) is 3.31. The van der Waals surface area contributed by atoms with Crippen molar-refractivity contribution >= 4 is 33.2 Å².